The molecule has 1 aliphatic heterocycles. The standard InChI is InChI=1S/C10H14ClN3S/c1-7-5-9(11)14-10(13-7)15-6-8-3-2-4-12-8/h5,8,12H,2-4,6H2,1H3. The minimum Gasteiger partial charge on any atom is -0.313 e. The van der Waals surface area contributed by atoms with Gasteiger partial charge in [0.05, 0.1) is 0 Å². The molecule has 0 aliphatic carbocycles. The number of aromatic nitrogens is 2. The van der Waals surface area contributed by atoms with Gasteiger partial charge in [-0.25, -0.2) is 9.97 Å². The van der Waals surface area contributed by atoms with Gasteiger partial charge in [0.1, 0.15) is 5.15 Å². The summed E-state index contributed by atoms with van der Waals surface area (Å²) in [4.78, 5) is 8.52. The molecule has 3 nitrogen and oxygen atoms in total. The predicted molar refractivity (Wildman–Crippen MR) is 63.5 cm³/mol. The lowest BCUT2D eigenvalue weighted by atomic mass is 10.3. The van der Waals surface area contributed by atoms with E-state index in [4.69, 9.17) is 11.6 Å². The van der Waals surface area contributed by atoms with Crippen LogP contribution < -0.4 is 5.32 Å². The van der Waals surface area contributed by atoms with Crippen LogP contribution in [0.5, 0.6) is 0 Å². The molecule has 1 unspecified atom stereocenters. The molecule has 1 fully saturated rings. The highest BCUT2D eigenvalue weighted by molar-refractivity contribution is 7.99. The van der Waals surface area contributed by atoms with Crippen molar-refractivity contribution < 1.29 is 0 Å². The van der Waals surface area contributed by atoms with Crippen LogP contribution in [0, 0.1) is 6.92 Å². The molecule has 82 valence electrons. The zero-order valence-corrected chi connectivity index (χ0v) is 10.2. The Kier molecular flexibility index (Phi) is 3.83. The van der Waals surface area contributed by atoms with E-state index in [0.717, 1.165) is 23.1 Å². The fraction of sp³-hybridized carbons (Fsp3) is 0.600. The molecule has 1 aromatic heterocycles. The number of rotatable bonds is 3. The first-order chi connectivity index (χ1) is 7.24. The van der Waals surface area contributed by atoms with Crippen molar-refractivity contribution in [2.24, 2.45) is 0 Å². The van der Waals surface area contributed by atoms with Gasteiger partial charge < -0.3 is 5.32 Å². The Hall–Kier alpha value is -0.320. The molecule has 0 spiro atoms. The highest BCUT2D eigenvalue weighted by atomic mass is 35.5. The van der Waals surface area contributed by atoms with Crippen molar-refractivity contribution in [2.75, 3.05) is 12.3 Å². The van der Waals surface area contributed by atoms with Gasteiger partial charge in [-0.15, -0.1) is 0 Å². The molecule has 1 aromatic rings. The number of hydrogen-bond donors (Lipinski definition) is 1. The third-order valence-electron chi connectivity index (χ3n) is 2.38. The van der Waals surface area contributed by atoms with Crippen LogP contribution in [0.3, 0.4) is 0 Å². The second-order valence-corrected chi connectivity index (χ2v) is 5.09. The molecular formula is C10H14ClN3S. The monoisotopic (exact) mass is 243 g/mol. The first kappa shape index (κ1) is 11.2. The minimum absolute atomic E-state index is 0.532. The summed E-state index contributed by atoms with van der Waals surface area (Å²) < 4.78 is 0. The first-order valence-corrected chi connectivity index (χ1v) is 6.48. The van der Waals surface area contributed by atoms with Gasteiger partial charge in [0.25, 0.3) is 0 Å². The summed E-state index contributed by atoms with van der Waals surface area (Å²) in [7, 11) is 0. The molecule has 2 rings (SSSR count). The second kappa shape index (κ2) is 5.14. The Morgan fingerprint density at radius 3 is 3.13 bits per heavy atom. The molecule has 15 heavy (non-hydrogen) atoms. The maximum Gasteiger partial charge on any atom is 0.189 e. The Morgan fingerprint density at radius 2 is 2.47 bits per heavy atom. The van der Waals surface area contributed by atoms with Crippen LogP contribution in [-0.2, 0) is 0 Å². The molecule has 1 aliphatic rings. The molecule has 1 N–H and O–H groups in total. The van der Waals surface area contributed by atoms with E-state index in [1.807, 2.05) is 6.92 Å². The maximum atomic E-state index is 5.87. The summed E-state index contributed by atoms with van der Waals surface area (Å²) in [6.45, 7) is 3.08. The van der Waals surface area contributed by atoms with E-state index < -0.39 is 0 Å². The van der Waals surface area contributed by atoms with Crippen molar-refractivity contribution >= 4 is 23.4 Å². The normalized spacial score (nSPS) is 20.8. The number of nitrogens with one attached hydrogen (secondary N) is 1. The van der Waals surface area contributed by atoms with Gasteiger partial charge in [0, 0.05) is 17.5 Å². The van der Waals surface area contributed by atoms with Crippen molar-refractivity contribution in [2.45, 2.75) is 31.0 Å². The van der Waals surface area contributed by atoms with E-state index in [1.54, 1.807) is 17.8 Å². The Balaban J connectivity index is 1.92. The number of aryl methyl sites for hydroxylation is 1. The minimum atomic E-state index is 0.532. The summed E-state index contributed by atoms with van der Waals surface area (Å²) in [6, 6.07) is 2.39. The van der Waals surface area contributed by atoms with Gasteiger partial charge in [0.15, 0.2) is 5.16 Å². The Bertz CT molecular complexity index is 319. The van der Waals surface area contributed by atoms with Crippen molar-refractivity contribution in [3.8, 4) is 0 Å². The Morgan fingerprint density at radius 1 is 1.60 bits per heavy atom. The second-order valence-electron chi connectivity index (χ2n) is 3.72. The van der Waals surface area contributed by atoms with E-state index >= 15 is 0 Å². The molecule has 2 heterocycles. The van der Waals surface area contributed by atoms with Crippen LogP contribution in [0.4, 0.5) is 0 Å². The Labute approximate surface area is 99.0 Å². The zero-order chi connectivity index (χ0) is 10.7. The fourth-order valence-electron chi connectivity index (χ4n) is 1.64. The van der Waals surface area contributed by atoms with Crippen LogP contribution in [0.2, 0.25) is 5.15 Å². The van der Waals surface area contributed by atoms with Gasteiger partial charge in [-0.2, -0.15) is 0 Å². The fourth-order valence-corrected chi connectivity index (χ4v) is 2.94. The van der Waals surface area contributed by atoms with Crippen LogP contribution in [0.25, 0.3) is 0 Å². The quantitative estimate of drug-likeness (QED) is 0.502. The summed E-state index contributed by atoms with van der Waals surface area (Å²) in [6.07, 6.45) is 2.53. The highest BCUT2D eigenvalue weighted by Gasteiger charge is 2.14. The van der Waals surface area contributed by atoms with Crippen LogP contribution in [0.1, 0.15) is 18.5 Å². The number of nitrogens with zero attached hydrogens (tertiary/aromatic N) is 2. The summed E-state index contributed by atoms with van der Waals surface area (Å²) >= 11 is 7.54. The average Bonchev–Trinajstić information content (AvgIpc) is 2.65. The SMILES string of the molecule is Cc1cc(Cl)nc(SCC2CCCN2)n1. The number of hydrogen-bond acceptors (Lipinski definition) is 4. The molecule has 1 saturated heterocycles. The summed E-state index contributed by atoms with van der Waals surface area (Å²) in [5.41, 5.74) is 0.928. The molecule has 0 saturated carbocycles. The predicted octanol–water partition coefficient (Wildman–Crippen LogP) is 2.28. The number of thioether (sulfide) groups is 1. The van der Waals surface area contributed by atoms with E-state index in [0.29, 0.717) is 11.2 Å². The average molecular weight is 244 g/mol. The number of halogens is 1. The van der Waals surface area contributed by atoms with Gasteiger partial charge in [-0.05, 0) is 32.4 Å². The molecule has 0 amide bonds. The van der Waals surface area contributed by atoms with Crippen molar-refractivity contribution in [3.05, 3.63) is 16.9 Å². The molecule has 1 atom stereocenters. The lowest BCUT2D eigenvalue weighted by Crippen LogP contribution is -2.23. The molecular weight excluding hydrogens is 230 g/mol. The van der Waals surface area contributed by atoms with E-state index in [9.17, 15) is 0 Å². The zero-order valence-electron chi connectivity index (χ0n) is 8.66. The van der Waals surface area contributed by atoms with Crippen LogP contribution in [-0.4, -0.2) is 28.3 Å². The third kappa shape index (κ3) is 3.33. The van der Waals surface area contributed by atoms with E-state index in [2.05, 4.69) is 15.3 Å². The van der Waals surface area contributed by atoms with Gasteiger partial charge in [-0.1, -0.05) is 23.4 Å². The lowest BCUT2D eigenvalue weighted by Gasteiger charge is -2.08. The summed E-state index contributed by atoms with van der Waals surface area (Å²) in [5, 5.41) is 4.76. The van der Waals surface area contributed by atoms with E-state index in [1.165, 1.54) is 12.8 Å². The molecule has 0 aromatic carbocycles. The first-order valence-electron chi connectivity index (χ1n) is 5.11. The van der Waals surface area contributed by atoms with Gasteiger partial charge in [0.2, 0.25) is 0 Å². The largest absolute Gasteiger partial charge is 0.313 e. The molecule has 0 bridgehead atoms. The molecule has 5 heteroatoms. The smallest absolute Gasteiger partial charge is 0.189 e. The highest BCUT2D eigenvalue weighted by Crippen LogP contribution is 2.19. The molecule has 0 radical (unpaired) electrons. The van der Waals surface area contributed by atoms with Gasteiger partial charge >= 0.3 is 0 Å². The van der Waals surface area contributed by atoms with E-state index in [-0.39, 0.29) is 0 Å². The summed E-state index contributed by atoms with van der Waals surface area (Å²) in [5.74, 6) is 1.03. The van der Waals surface area contributed by atoms with Crippen LogP contribution >= 0.6 is 23.4 Å². The van der Waals surface area contributed by atoms with Crippen molar-refractivity contribution in [1.82, 2.24) is 15.3 Å². The topological polar surface area (TPSA) is 37.8 Å². The van der Waals surface area contributed by atoms with Crippen molar-refractivity contribution in [3.63, 3.8) is 0 Å². The third-order valence-corrected chi connectivity index (χ3v) is 3.58. The van der Waals surface area contributed by atoms with Crippen LogP contribution in [0.15, 0.2) is 11.2 Å². The maximum absolute atomic E-state index is 5.87. The van der Waals surface area contributed by atoms with Gasteiger partial charge in [-0.3, -0.25) is 0 Å². The van der Waals surface area contributed by atoms with Crippen molar-refractivity contribution in [1.29, 1.82) is 0 Å². The lowest BCUT2D eigenvalue weighted by molar-refractivity contribution is 0.673.